The molecule has 0 saturated heterocycles. The molecule has 0 saturated carbocycles. The Morgan fingerprint density at radius 3 is 1.47 bits per heavy atom. The first-order valence-corrected chi connectivity index (χ1v) is 9.40. The summed E-state index contributed by atoms with van der Waals surface area (Å²) in [7, 11) is -3.01. The van der Waals surface area contributed by atoms with Crippen LogP contribution in [0.5, 0.6) is 0 Å². The SMILES string of the molecule is Cn1ccnc1.[O-][Cl+3]([O-])([O-])[O-].[Pt+2].c1ccc(-c2cccc(-c3ccccn3)n2)nc1. The number of pyridine rings is 3. The molecule has 4 heterocycles. The fourth-order valence-electron chi connectivity index (χ4n) is 2.07. The minimum Gasteiger partial charge on any atom is -0.341 e. The fraction of sp³-hybridized carbons (Fsp3) is 0.0526. The summed E-state index contributed by atoms with van der Waals surface area (Å²) in [6.07, 6.45) is 8.93. The van der Waals surface area contributed by atoms with Gasteiger partial charge in [-0.25, -0.2) is 28.6 Å². The molecule has 158 valence electrons. The van der Waals surface area contributed by atoms with Crippen LogP contribution in [0, 0.1) is 10.2 Å². The van der Waals surface area contributed by atoms with Crippen molar-refractivity contribution in [3.8, 4) is 22.8 Å². The van der Waals surface area contributed by atoms with Gasteiger partial charge in [0.15, 0.2) is 0 Å². The normalized spacial score (nSPS) is 9.90. The monoisotopic (exact) mass is 609 g/mol. The molecule has 9 nitrogen and oxygen atoms in total. The number of hydrogen-bond donors (Lipinski definition) is 0. The summed E-state index contributed by atoms with van der Waals surface area (Å²) in [4.78, 5) is 17.0. The number of rotatable bonds is 2. The van der Waals surface area contributed by atoms with Crippen LogP contribution in [0.4, 0.5) is 0 Å². The quantitative estimate of drug-likeness (QED) is 0.277. The Balaban J connectivity index is 0.000000311. The van der Waals surface area contributed by atoms with Gasteiger partial charge in [-0.15, -0.1) is 10.2 Å². The maximum Gasteiger partial charge on any atom is 2.00 e. The second kappa shape index (κ2) is 12.9. The molecule has 0 aliphatic heterocycles. The van der Waals surface area contributed by atoms with Crippen molar-refractivity contribution in [2.75, 3.05) is 0 Å². The van der Waals surface area contributed by atoms with Gasteiger partial charge in [-0.1, -0.05) is 18.2 Å². The predicted molar refractivity (Wildman–Crippen MR) is 93.9 cm³/mol. The molecular weight excluding hydrogens is 593 g/mol. The summed E-state index contributed by atoms with van der Waals surface area (Å²) in [6.45, 7) is 0. The maximum atomic E-state index is 8.49. The molecule has 4 aromatic heterocycles. The van der Waals surface area contributed by atoms with E-state index >= 15 is 0 Å². The number of halogens is 1. The molecule has 0 bridgehead atoms. The van der Waals surface area contributed by atoms with Crippen molar-refractivity contribution >= 4 is 0 Å². The molecule has 0 aromatic carbocycles. The minimum atomic E-state index is -4.94. The van der Waals surface area contributed by atoms with Crippen molar-refractivity contribution in [3.63, 3.8) is 0 Å². The topological polar surface area (TPSA) is 149 Å². The van der Waals surface area contributed by atoms with Crippen molar-refractivity contribution < 1.29 is 49.9 Å². The van der Waals surface area contributed by atoms with Gasteiger partial charge in [0.05, 0.1) is 29.1 Å². The average molecular weight is 610 g/mol. The zero-order valence-corrected chi connectivity index (χ0v) is 18.7. The van der Waals surface area contributed by atoms with Gasteiger partial charge in [0.2, 0.25) is 0 Å². The second-order valence-electron chi connectivity index (χ2n) is 5.44. The number of imidazole rings is 1. The first-order valence-electron chi connectivity index (χ1n) is 8.16. The molecule has 0 radical (unpaired) electrons. The van der Waals surface area contributed by atoms with Crippen LogP contribution in [-0.4, -0.2) is 24.5 Å². The Hall–Kier alpha value is -2.52. The van der Waals surface area contributed by atoms with Crippen molar-refractivity contribution in [2.45, 2.75) is 0 Å². The van der Waals surface area contributed by atoms with Crippen LogP contribution in [0.2, 0.25) is 0 Å². The molecular formula is C19H17ClN5O4Pt+. The van der Waals surface area contributed by atoms with E-state index in [4.69, 9.17) is 18.6 Å². The van der Waals surface area contributed by atoms with Gasteiger partial charge in [0, 0.05) is 31.8 Å². The van der Waals surface area contributed by atoms with Gasteiger partial charge in [-0.05, 0) is 36.4 Å². The number of aromatic nitrogens is 5. The molecule has 11 heteroatoms. The molecule has 0 atom stereocenters. The number of aryl methyl sites for hydroxylation is 1. The third kappa shape index (κ3) is 10.3. The van der Waals surface area contributed by atoms with E-state index in [1.165, 1.54) is 0 Å². The van der Waals surface area contributed by atoms with E-state index in [-0.39, 0.29) is 21.1 Å². The average Bonchev–Trinajstić information content (AvgIpc) is 3.20. The smallest absolute Gasteiger partial charge is 0.341 e. The van der Waals surface area contributed by atoms with Crippen LogP contribution < -0.4 is 18.6 Å². The first kappa shape index (κ1) is 25.5. The van der Waals surface area contributed by atoms with Crippen LogP contribution in [-0.2, 0) is 28.1 Å². The third-order valence-corrected chi connectivity index (χ3v) is 3.24. The van der Waals surface area contributed by atoms with Crippen molar-refractivity contribution in [1.82, 2.24) is 24.5 Å². The summed E-state index contributed by atoms with van der Waals surface area (Å²) >= 11 is 0. The van der Waals surface area contributed by atoms with E-state index < -0.39 is 10.2 Å². The summed E-state index contributed by atoms with van der Waals surface area (Å²) < 4.78 is 35.9. The van der Waals surface area contributed by atoms with E-state index in [0.717, 1.165) is 22.8 Å². The Bertz CT molecular complexity index is 910. The standard InChI is InChI=1S/C15H11N3.C4H6N2.ClHO4.Pt/c1-3-10-16-12(6-1)14-8-5-9-15(18-14)13-7-2-4-11-17-13;1-6-3-2-5-4-6;2-1(3,4)5;/h1-11H;2-4H,1H3;(H,2,3,4,5);/q;;;+2/p-1. The molecule has 0 amide bonds. The molecule has 4 rings (SSSR count). The summed E-state index contributed by atoms with van der Waals surface area (Å²) in [5, 5.41) is 0. The van der Waals surface area contributed by atoms with Crippen LogP contribution in [0.3, 0.4) is 0 Å². The zero-order valence-electron chi connectivity index (χ0n) is 15.6. The Morgan fingerprint density at radius 2 is 1.17 bits per heavy atom. The number of nitrogens with zero attached hydrogens (tertiary/aromatic N) is 5. The maximum absolute atomic E-state index is 8.49. The molecule has 0 aliphatic rings. The predicted octanol–water partition coefficient (Wildman–Crippen LogP) is -1.13. The summed E-state index contributed by atoms with van der Waals surface area (Å²) in [6, 6.07) is 17.5. The van der Waals surface area contributed by atoms with Gasteiger partial charge in [0.25, 0.3) is 0 Å². The molecule has 0 fully saturated rings. The number of hydrogen-bond acceptors (Lipinski definition) is 8. The van der Waals surface area contributed by atoms with E-state index in [1.807, 2.05) is 72.4 Å². The van der Waals surface area contributed by atoms with Crippen molar-refractivity contribution in [3.05, 3.63) is 85.7 Å². The summed E-state index contributed by atoms with van der Waals surface area (Å²) in [5.41, 5.74) is 3.46. The molecule has 4 aromatic rings. The van der Waals surface area contributed by atoms with Gasteiger partial charge in [-0.2, -0.15) is 0 Å². The second-order valence-corrected chi connectivity index (χ2v) is 6.20. The van der Waals surface area contributed by atoms with Gasteiger partial charge in [-0.3, -0.25) is 9.97 Å². The Kier molecular flexibility index (Phi) is 11.0. The van der Waals surface area contributed by atoms with Crippen LogP contribution in [0.15, 0.2) is 85.7 Å². The van der Waals surface area contributed by atoms with Gasteiger partial charge in [0.1, 0.15) is 0 Å². The van der Waals surface area contributed by atoms with E-state index in [9.17, 15) is 0 Å². The minimum absolute atomic E-state index is 0. The van der Waals surface area contributed by atoms with Crippen LogP contribution in [0.1, 0.15) is 0 Å². The third-order valence-electron chi connectivity index (χ3n) is 3.24. The summed E-state index contributed by atoms with van der Waals surface area (Å²) in [5.74, 6) is 0. The Labute approximate surface area is 189 Å². The van der Waals surface area contributed by atoms with E-state index in [2.05, 4.69) is 19.9 Å². The molecule has 30 heavy (non-hydrogen) atoms. The van der Waals surface area contributed by atoms with Gasteiger partial charge < -0.3 is 4.57 Å². The Morgan fingerprint density at radius 1 is 0.700 bits per heavy atom. The van der Waals surface area contributed by atoms with Crippen LogP contribution >= 0.6 is 0 Å². The van der Waals surface area contributed by atoms with E-state index in [1.54, 1.807) is 24.9 Å². The molecule has 0 unspecified atom stereocenters. The zero-order chi connectivity index (χ0) is 21.1. The van der Waals surface area contributed by atoms with Crippen molar-refractivity contribution in [2.24, 2.45) is 7.05 Å². The van der Waals surface area contributed by atoms with Crippen LogP contribution in [0.25, 0.3) is 22.8 Å². The molecule has 0 N–H and O–H groups in total. The molecule has 0 aliphatic carbocycles. The van der Waals surface area contributed by atoms with Crippen molar-refractivity contribution in [1.29, 1.82) is 0 Å². The molecule has 0 spiro atoms. The van der Waals surface area contributed by atoms with E-state index in [0.29, 0.717) is 0 Å². The van der Waals surface area contributed by atoms with Gasteiger partial charge >= 0.3 is 21.1 Å². The largest absolute Gasteiger partial charge is 2.00 e. The fourth-order valence-corrected chi connectivity index (χ4v) is 2.07. The first-order chi connectivity index (χ1) is 13.8.